The van der Waals surface area contributed by atoms with Crippen LogP contribution in [0.5, 0.6) is 11.5 Å². The summed E-state index contributed by atoms with van der Waals surface area (Å²) in [5, 5.41) is 31.1. The maximum Gasteiger partial charge on any atom is 0.331 e. The van der Waals surface area contributed by atoms with Crippen LogP contribution in [0.3, 0.4) is 0 Å². The van der Waals surface area contributed by atoms with E-state index < -0.39 is 5.60 Å². The molecule has 0 spiro atoms. The van der Waals surface area contributed by atoms with Gasteiger partial charge < -0.3 is 20.1 Å². The van der Waals surface area contributed by atoms with Gasteiger partial charge in [-0.1, -0.05) is 52.3 Å². The molecule has 0 bridgehead atoms. The van der Waals surface area contributed by atoms with Gasteiger partial charge in [-0.05, 0) is 149 Å². The number of fused-ring (bicyclic) bond motifs is 5. The zero-order chi connectivity index (χ0) is 32.3. The van der Waals surface area contributed by atoms with Crippen LogP contribution in [-0.2, 0) is 9.53 Å². The number of carbonyl (C=O) groups excluding carboxylic acids is 1. The molecular formula is C39H58O5. The smallest absolute Gasteiger partial charge is 0.331 e. The molecule has 5 nitrogen and oxygen atoms in total. The maximum atomic E-state index is 13.0. The van der Waals surface area contributed by atoms with Crippen molar-refractivity contribution in [2.75, 3.05) is 0 Å². The van der Waals surface area contributed by atoms with E-state index in [2.05, 4.69) is 61.5 Å². The van der Waals surface area contributed by atoms with Crippen molar-refractivity contribution < 1.29 is 24.9 Å². The quantitative estimate of drug-likeness (QED) is 0.125. The Hall–Kier alpha value is -2.27. The van der Waals surface area contributed by atoms with Crippen LogP contribution in [-0.4, -0.2) is 33.0 Å². The standard InChI is InChI=1S/C39H58O5/c1-25(2)10-9-20-39(8,43)28-17-22-37(6)27(28)13-15-32-36(5)21-19-33(35(3,4)31(36)18-23-38(32,37)7)44-34(42)16-12-26-11-14-29(40)30(41)24-26/h10-12,14,16,24,27-28,31-33,40-41,43H,9,13,15,17-23H2,1-8H3/b16-12+/t27?,28?,31?,32?,33?,36-,37+,38+,39?/m0/s1. The minimum absolute atomic E-state index is 0.140. The van der Waals surface area contributed by atoms with Crippen molar-refractivity contribution in [3.8, 4) is 11.5 Å². The number of carbonyl (C=O) groups is 1. The Morgan fingerprint density at radius 3 is 2.32 bits per heavy atom. The fourth-order valence-electron chi connectivity index (χ4n) is 11.5. The summed E-state index contributed by atoms with van der Waals surface area (Å²) in [6, 6.07) is 4.50. The lowest BCUT2D eigenvalue weighted by Gasteiger charge is -2.70. The third-order valence-electron chi connectivity index (χ3n) is 14.0. The molecule has 1 aromatic rings. The number of phenols is 2. The molecule has 4 saturated carbocycles. The van der Waals surface area contributed by atoms with Crippen LogP contribution in [0.2, 0.25) is 0 Å². The molecule has 6 unspecified atom stereocenters. The largest absolute Gasteiger partial charge is 0.504 e. The van der Waals surface area contributed by atoms with Crippen molar-refractivity contribution in [2.24, 2.45) is 45.3 Å². The van der Waals surface area contributed by atoms with Gasteiger partial charge in [0.2, 0.25) is 0 Å². The highest BCUT2D eigenvalue weighted by Crippen LogP contribution is 2.76. The van der Waals surface area contributed by atoms with Gasteiger partial charge in [0.1, 0.15) is 6.10 Å². The van der Waals surface area contributed by atoms with Gasteiger partial charge in [-0.25, -0.2) is 4.79 Å². The average Bonchev–Trinajstić information content (AvgIpc) is 3.30. The van der Waals surface area contributed by atoms with Gasteiger partial charge in [0, 0.05) is 11.5 Å². The van der Waals surface area contributed by atoms with Gasteiger partial charge in [-0.15, -0.1) is 0 Å². The number of rotatable bonds is 7. The molecule has 0 amide bonds. The third kappa shape index (κ3) is 5.43. The second kappa shape index (κ2) is 11.5. The lowest BCUT2D eigenvalue weighted by molar-refractivity contribution is -0.229. The van der Waals surface area contributed by atoms with Gasteiger partial charge in [0.15, 0.2) is 11.5 Å². The van der Waals surface area contributed by atoms with E-state index in [0.29, 0.717) is 29.2 Å². The fourth-order valence-corrected chi connectivity index (χ4v) is 11.5. The van der Waals surface area contributed by atoms with E-state index in [4.69, 9.17) is 4.74 Å². The molecule has 5 rings (SSSR count). The first-order valence-corrected chi connectivity index (χ1v) is 17.2. The molecule has 1 aromatic carbocycles. The monoisotopic (exact) mass is 606 g/mol. The van der Waals surface area contributed by atoms with Crippen molar-refractivity contribution in [1.29, 1.82) is 0 Å². The number of aliphatic hydroxyl groups is 1. The van der Waals surface area contributed by atoms with Gasteiger partial charge in [-0.3, -0.25) is 0 Å². The summed E-state index contributed by atoms with van der Waals surface area (Å²) in [7, 11) is 0. The first-order valence-electron chi connectivity index (χ1n) is 17.2. The summed E-state index contributed by atoms with van der Waals surface area (Å²) < 4.78 is 6.16. The third-order valence-corrected chi connectivity index (χ3v) is 14.0. The van der Waals surface area contributed by atoms with Crippen LogP contribution in [0.15, 0.2) is 35.9 Å². The highest BCUT2D eigenvalue weighted by molar-refractivity contribution is 5.87. The topological polar surface area (TPSA) is 87.0 Å². The number of allylic oxidation sites excluding steroid dienone is 2. The first-order chi connectivity index (χ1) is 20.5. The molecule has 3 N–H and O–H groups in total. The van der Waals surface area contributed by atoms with E-state index >= 15 is 0 Å². The predicted molar refractivity (Wildman–Crippen MR) is 177 cm³/mol. The lowest BCUT2D eigenvalue weighted by atomic mass is 9.35. The molecule has 0 saturated heterocycles. The highest BCUT2D eigenvalue weighted by Gasteiger charge is 2.69. The molecule has 9 atom stereocenters. The summed E-state index contributed by atoms with van der Waals surface area (Å²) in [4.78, 5) is 13.0. The number of esters is 1. The summed E-state index contributed by atoms with van der Waals surface area (Å²) in [6.45, 7) is 18.8. The Bertz CT molecular complexity index is 1300. The summed E-state index contributed by atoms with van der Waals surface area (Å²) in [6.07, 6.45) is 16.0. The Morgan fingerprint density at radius 2 is 1.64 bits per heavy atom. The van der Waals surface area contributed by atoms with E-state index in [-0.39, 0.29) is 45.2 Å². The van der Waals surface area contributed by atoms with E-state index in [9.17, 15) is 20.1 Å². The molecule has 0 aliphatic heterocycles. The van der Waals surface area contributed by atoms with Crippen LogP contribution in [0.25, 0.3) is 6.08 Å². The number of ether oxygens (including phenoxy) is 1. The number of phenolic OH excluding ortho intramolecular Hbond substituents is 2. The first kappa shape index (κ1) is 33.1. The van der Waals surface area contributed by atoms with Gasteiger partial charge in [-0.2, -0.15) is 0 Å². The fraction of sp³-hybridized carbons (Fsp3) is 0.718. The zero-order valence-electron chi connectivity index (χ0n) is 28.6. The van der Waals surface area contributed by atoms with Gasteiger partial charge in [0.25, 0.3) is 0 Å². The minimum atomic E-state index is -0.625. The summed E-state index contributed by atoms with van der Waals surface area (Å²) >= 11 is 0. The molecule has 0 radical (unpaired) electrons. The number of hydrogen-bond donors (Lipinski definition) is 3. The lowest BCUT2D eigenvalue weighted by Crippen LogP contribution is -2.64. The molecule has 0 aromatic heterocycles. The average molecular weight is 607 g/mol. The SMILES string of the molecule is CC(C)=CCCC(C)(O)C1CC[C@]2(C)C1CCC1[C@@]3(C)CCC(OC(=O)/C=C/c4ccc(O)c(O)c4)C(C)(C)C3CC[C@]12C. The molecule has 4 aliphatic carbocycles. The van der Waals surface area contributed by atoms with Crippen molar-refractivity contribution in [2.45, 2.75) is 131 Å². The molecule has 0 heterocycles. The molecule has 5 heteroatoms. The summed E-state index contributed by atoms with van der Waals surface area (Å²) in [5.41, 5.74) is 1.86. The van der Waals surface area contributed by atoms with Crippen molar-refractivity contribution >= 4 is 12.0 Å². The Morgan fingerprint density at radius 1 is 0.932 bits per heavy atom. The Labute approximate surface area is 266 Å². The number of aromatic hydroxyl groups is 2. The van der Waals surface area contributed by atoms with Crippen LogP contribution < -0.4 is 0 Å². The highest BCUT2D eigenvalue weighted by atomic mass is 16.5. The number of benzene rings is 1. The Kier molecular flexibility index (Phi) is 8.66. The van der Waals surface area contributed by atoms with Gasteiger partial charge in [0.05, 0.1) is 5.60 Å². The van der Waals surface area contributed by atoms with E-state index in [1.54, 1.807) is 12.1 Å². The Balaban J connectivity index is 1.31. The van der Waals surface area contributed by atoms with Crippen molar-refractivity contribution in [1.82, 2.24) is 0 Å². The molecule has 44 heavy (non-hydrogen) atoms. The summed E-state index contributed by atoms with van der Waals surface area (Å²) in [5.74, 6) is 1.28. The molecule has 244 valence electrons. The van der Waals surface area contributed by atoms with Crippen LogP contribution in [0.1, 0.15) is 125 Å². The van der Waals surface area contributed by atoms with Crippen LogP contribution in [0.4, 0.5) is 0 Å². The maximum absolute atomic E-state index is 13.0. The normalized spacial score (nSPS) is 39.1. The predicted octanol–water partition coefficient (Wildman–Crippen LogP) is 9.21. The van der Waals surface area contributed by atoms with Crippen molar-refractivity contribution in [3.63, 3.8) is 0 Å². The van der Waals surface area contributed by atoms with Crippen LogP contribution >= 0.6 is 0 Å². The van der Waals surface area contributed by atoms with Crippen molar-refractivity contribution in [3.05, 3.63) is 41.5 Å². The number of hydrogen-bond acceptors (Lipinski definition) is 5. The minimum Gasteiger partial charge on any atom is -0.504 e. The zero-order valence-corrected chi connectivity index (χ0v) is 28.6. The second-order valence-electron chi connectivity index (χ2n) is 16.9. The van der Waals surface area contributed by atoms with E-state index in [1.165, 1.54) is 49.5 Å². The molecule has 4 aliphatic rings. The van der Waals surface area contributed by atoms with E-state index in [0.717, 1.165) is 38.5 Å². The molecular weight excluding hydrogens is 548 g/mol. The van der Waals surface area contributed by atoms with E-state index in [1.807, 2.05) is 0 Å². The van der Waals surface area contributed by atoms with Gasteiger partial charge >= 0.3 is 5.97 Å². The second-order valence-corrected chi connectivity index (χ2v) is 16.9. The van der Waals surface area contributed by atoms with Crippen LogP contribution in [0, 0.1) is 45.3 Å². The molecule has 4 fully saturated rings.